The summed E-state index contributed by atoms with van der Waals surface area (Å²) in [5.74, 6) is -0.278. The number of hydrogen-bond donors (Lipinski definition) is 2. The Bertz CT molecular complexity index is 617. The highest BCUT2D eigenvalue weighted by atomic mass is 16.1. The summed E-state index contributed by atoms with van der Waals surface area (Å²) in [7, 11) is 0. The molecule has 0 aliphatic carbocycles. The van der Waals surface area contributed by atoms with E-state index in [2.05, 4.69) is 10.2 Å². The molecule has 0 saturated heterocycles. The van der Waals surface area contributed by atoms with Crippen molar-refractivity contribution in [3.8, 4) is 11.3 Å². The van der Waals surface area contributed by atoms with Crippen LogP contribution in [0.4, 0.5) is 5.69 Å². The Kier molecular flexibility index (Phi) is 2.74. The Hall–Kier alpha value is -2.43. The second-order valence-corrected chi connectivity index (χ2v) is 3.61. The SMILES string of the molecule is CC(=O)c1c(-c2ccccc2)n[nH]c(=O)c1N. The first-order valence-electron chi connectivity index (χ1n) is 5.05. The van der Waals surface area contributed by atoms with Crippen molar-refractivity contribution in [1.29, 1.82) is 0 Å². The zero-order valence-electron chi connectivity index (χ0n) is 9.23. The van der Waals surface area contributed by atoms with Crippen molar-refractivity contribution in [3.05, 3.63) is 46.2 Å². The van der Waals surface area contributed by atoms with Gasteiger partial charge in [0.25, 0.3) is 5.56 Å². The molecule has 5 nitrogen and oxygen atoms in total. The minimum atomic E-state index is -0.546. The van der Waals surface area contributed by atoms with Crippen molar-refractivity contribution in [2.45, 2.75) is 6.92 Å². The quantitative estimate of drug-likeness (QED) is 0.758. The lowest BCUT2D eigenvalue weighted by Gasteiger charge is -2.07. The lowest BCUT2D eigenvalue weighted by atomic mass is 10.0. The van der Waals surface area contributed by atoms with E-state index in [1.165, 1.54) is 6.92 Å². The third-order valence-electron chi connectivity index (χ3n) is 2.42. The average molecular weight is 229 g/mol. The number of nitrogens with one attached hydrogen (secondary N) is 1. The average Bonchev–Trinajstić information content (AvgIpc) is 2.33. The molecule has 1 aromatic carbocycles. The Labute approximate surface area is 97.3 Å². The molecule has 17 heavy (non-hydrogen) atoms. The summed E-state index contributed by atoms with van der Waals surface area (Å²) in [6, 6.07) is 9.09. The molecule has 0 aliphatic rings. The van der Waals surface area contributed by atoms with Gasteiger partial charge in [-0.15, -0.1) is 0 Å². The fourth-order valence-corrected chi connectivity index (χ4v) is 1.63. The third kappa shape index (κ3) is 1.94. The van der Waals surface area contributed by atoms with Crippen LogP contribution >= 0.6 is 0 Å². The maximum absolute atomic E-state index is 11.5. The van der Waals surface area contributed by atoms with Gasteiger partial charge in [0.15, 0.2) is 5.78 Å². The first-order valence-corrected chi connectivity index (χ1v) is 5.05. The van der Waals surface area contributed by atoms with E-state index in [1.54, 1.807) is 12.1 Å². The van der Waals surface area contributed by atoms with Crippen LogP contribution in [0.2, 0.25) is 0 Å². The van der Waals surface area contributed by atoms with Crippen LogP contribution in [-0.4, -0.2) is 16.0 Å². The van der Waals surface area contributed by atoms with Gasteiger partial charge >= 0.3 is 0 Å². The fraction of sp³-hybridized carbons (Fsp3) is 0.0833. The van der Waals surface area contributed by atoms with Crippen LogP contribution in [0.25, 0.3) is 11.3 Å². The molecule has 0 radical (unpaired) electrons. The maximum atomic E-state index is 11.5. The predicted octanol–water partition coefficient (Wildman–Crippen LogP) is 1.22. The predicted molar refractivity (Wildman–Crippen MR) is 64.7 cm³/mol. The van der Waals surface area contributed by atoms with Gasteiger partial charge in [-0.2, -0.15) is 5.10 Å². The highest BCUT2D eigenvalue weighted by molar-refractivity contribution is 6.04. The molecule has 2 rings (SSSR count). The third-order valence-corrected chi connectivity index (χ3v) is 2.42. The van der Waals surface area contributed by atoms with Gasteiger partial charge in [0.2, 0.25) is 0 Å². The minimum Gasteiger partial charge on any atom is -0.394 e. The van der Waals surface area contributed by atoms with Crippen LogP contribution in [-0.2, 0) is 0 Å². The molecule has 0 amide bonds. The zero-order valence-corrected chi connectivity index (χ0v) is 9.23. The van der Waals surface area contributed by atoms with Crippen molar-refractivity contribution in [1.82, 2.24) is 10.2 Å². The van der Waals surface area contributed by atoms with Crippen molar-refractivity contribution < 1.29 is 4.79 Å². The van der Waals surface area contributed by atoms with Gasteiger partial charge in [0.1, 0.15) is 11.4 Å². The van der Waals surface area contributed by atoms with E-state index in [1.807, 2.05) is 18.2 Å². The molecule has 0 atom stereocenters. The topological polar surface area (TPSA) is 88.8 Å². The van der Waals surface area contributed by atoms with E-state index < -0.39 is 5.56 Å². The van der Waals surface area contributed by atoms with E-state index in [0.29, 0.717) is 5.69 Å². The molecule has 0 bridgehead atoms. The number of carbonyl (C=O) groups excluding carboxylic acids is 1. The Morgan fingerprint density at radius 3 is 2.53 bits per heavy atom. The summed E-state index contributed by atoms with van der Waals surface area (Å²) in [5.41, 5.74) is 6.28. The van der Waals surface area contributed by atoms with E-state index in [4.69, 9.17) is 5.73 Å². The van der Waals surface area contributed by atoms with Gasteiger partial charge in [0.05, 0.1) is 5.56 Å². The van der Waals surface area contributed by atoms with Crippen LogP contribution < -0.4 is 11.3 Å². The van der Waals surface area contributed by atoms with Gasteiger partial charge in [-0.1, -0.05) is 30.3 Å². The number of hydrogen-bond acceptors (Lipinski definition) is 4. The molecule has 1 heterocycles. The van der Waals surface area contributed by atoms with Crippen LogP contribution in [0.1, 0.15) is 17.3 Å². The molecule has 0 unspecified atom stereocenters. The zero-order chi connectivity index (χ0) is 12.4. The van der Waals surface area contributed by atoms with Crippen LogP contribution in [0.5, 0.6) is 0 Å². The largest absolute Gasteiger partial charge is 0.394 e. The number of nitrogen functional groups attached to an aromatic ring is 1. The maximum Gasteiger partial charge on any atom is 0.288 e. The lowest BCUT2D eigenvalue weighted by molar-refractivity contribution is 0.101. The lowest BCUT2D eigenvalue weighted by Crippen LogP contribution is -2.19. The second kappa shape index (κ2) is 4.21. The molecule has 2 aromatic rings. The number of aromatic amines is 1. The molecule has 0 spiro atoms. The van der Waals surface area contributed by atoms with Gasteiger partial charge in [-0.05, 0) is 6.92 Å². The Balaban J connectivity index is 2.75. The molecular weight excluding hydrogens is 218 g/mol. The summed E-state index contributed by atoms with van der Waals surface area (Å²) in [4.78, 5) is 22.9. The number of carbonyl (C=O) groups is 1. The van der Waals surface area contributed by atoms with E-state index in [0.717, 1.165) is 5.56 Å². The number of anilines is 1. The van der Waals surface area contributed by atoms with Crippen molar-refractivity contribution >= 4 is 11.5 Å². The summed E-state index contributed by atoms with van der Waals surface area (Å²) < 4.78 is 0. The number of Topliss-reactive ketones (excluding diaryl/α,β-unsaturated/α-hetero) is 1. The van der Waals surface area contributed by atoms with Gasteiger partial charge in [-0.25, -0.2) is 5.10 Å². The first kappa shape index (κ1) is 11.1. The number of nitrogens with two attached hydrogens (primary N) is 1. The van der Waals surface area contributed by atoms with Crippen LogP contribution in [0, 0.1) is 0 Å². The first-order chi connectivity index (χ1) is 8.11. The van der Waals surface area contributed by atoms with E-state index in [9.17, 15) is 9.59 Å². The van der Waals surface area contributed by atoms with Crippen molar-refractivity contribution in [3.63, 3.8) is 0 Å². The normalized spacial score (nSPS) is 10.2. The Morgan fingerprint density at radius 2 is 1.94 bits per heavy atom. The molecule has 0 aliphatic heterocycles. The van der Waals surface area contributed by atoms with Gasteiger partial charge in [0, 0.05) is 5.56 Å². The number of ketones is 1. The molecular formula is C12H11N3O2. The van der Waals surface area contributed by atoms with E-state index >= 15 is 0 Å². The summed E-state index contributed by atoms with van der Waals surface area (Å²) in [6.07, 6.45) is 0. The van der Waals surface area contributed by atoms with Crippen LogP contribution in [0.15, 0.2) is 35.1 Å². The monoisotopic (exact) mass is 229 g/mol. The fourth-order valence-electron chi connectivity index (χ4n) is 1.63. The number of aromatic nitrogens is 2. The highest BCUT2D eigenvalue weighted by Gasteiger charge is 2.16. The molecule has 3 N–H and O–H groups in total. The van der Waals surface area contributed by atoms with Crippen LogP contribution in [0.3, 0.4) is 0 Å². The van der Waals surface area contributed by atoms with Gasteiger partial charge < -0.3 is 5.73 Å². The van der Waals surface area contributed by atoms with Crippen molar-refractivity contribution in [2.24, 2.45) is 0 Å². The number of rotatable bonds is 2. The summed E-state index contributed by atoms with van der Waals surface area (Å²) >= 11 is 0. The number of H-pyrrole nitrogens is 1. The standard InChI is InChI=1S/C12H11N3O2/c1-7(16)9-10(13)12(17)15-14-11(9)8-5-3-2-4-6-8/h2-6H,1H3,(H2,13,14)(H,15,17). The van der Waals surface area contributed by atoms with E-state index in [-0.39, 0.29) is 17.0 Å². The molecule has 0 fully saturated rings. The highest BCUT2D eigenvalue weighted by Crippen LogP contribution is 2.22. The smallest absolute Gasteiger partial charge is 0.288 e. The molecule has 86 valence electrons. The molecule has 0 saturated carbocycles. The summed E-state index contributed by atoms with van der Waals surface area (Å²) in [6.45, 7) is 1.36. The summed E-state index contributed by atoms with van der Waals surface area (Å²) in [5, 5.41) is 6.17. The Morgan fingerprint density at radius 1 is 1.29 bits per heavy atom. The number of benzene rings is 1. The second-order valence-electron chi connectivity index (χ2n) is 3.61. The minimum absolute atomic E-state index is 0.0913. The van der Waals surface area contributed by atoms with Crippen molar-refractivity contribution in [2.75, 3.05) is 5.73 Å². The molecule has 5 heteroatoms. The molecule has 1 aromatic heterocycles. The van der Waals surface area contributed by atoms with Gasteiger partial charge in [-0.3, -0.25) is 9.59 Å². The number of nitrogens with zero attached hydrogens (tertiary/aromatic N) is 1.